The molecule has 7 rings (SSSR count). The molecule has 2 aliphatic heterocycles. The van der Waals surface area contributed by atoms with Crippen molar-refractivity contribution in [2.75, 3.05) is 10.2 Å². The minimum absolute atomic E-state index is 0.0215. The molecule has 4 aromatic carbocycles. The number of aromatic hydroxyl groups is 2. The highest BCUT2D eigenvalue weighted by atomic mass is 35.5. The van der Waals surface area contributed by atoms with Crippen LogP contribution < -0.4 is 10.2 Å². The first-order valence-corrected chi connectivity index (χ1v) is 13.2. The van der Waals surface area contributed by atoms with Gasteiger partial charge in [-0.05, 0) is 67.1 Å². The number of aryl methyl sites for hydroxylation is 1. The van der Waals surface area contributed by atoms with E-state index in [1.165, 1.54) is 18.2 Å². The van der Waals surface area contributed by atoms with Crippen molar-refractivity contribution in [2.24, 2.45) is 9.98 Å². The largest absolute Gasteiger partial charge is 0.504 e. The molecular weight excluding hydrogens is 543 g/mol. The fourth-order valence-corrected chi connectivity index (χ4v) is 5.46. The number of halogens is 2. The number of nitrogens with one attached hydrogen (secondary N) is 1. The molecule has 0 saturated carbocycles. The second kappa shape index (κ2) is 9.50. The van der Waals surface area contributed by atoms with E-state index in [0.29, 0.717) is 34.4 Å². The van der Waals surface area contributed by atoms with E-state index in [1.807, 2.05) is 66.4 Å². The summed E-state index contributed by atoms with van der Waals surface area (Å²) in [7, 11) is 0. The average molecular weight is 565 g/mol. The molecule has 3 heterocycles. The van der Waals surface area contributed by atoms with Crippen molar-refractivity contribution in [3.63, 3.8) is 0 Å². The molecule has 1 atom stereocenters. The molecule has 0 spiro atoms. The first kappa shape index (κ1) is 24.9. The van der Waals surface area contributed by atoms with Crippen LogP contribution in [0.15, 0.2) is 101 Å². The van der Waals surface area contributed by atoms with Crippen molar-refractivity contribution in [2.45, 2.75) is 13.0 Å². The third-order valence-corrected chi connectivity index (χ3v) is 7.43. The molecular formula is C31H22ClFN6O2. The number of para-hydroxylation sites is 3. The van der Waals surface area contributed by atoms with E-state index in [9.17, 15) is 14.6 Å². The van der Waals surface area contributed by atoms with Crippen molar-refractivity contribution in [1.29, 1.82) is 0 Å². The number of phenols is 2. The zero-order valence-electron chi connectivity index (χ0n) is 21.6. The van der Waals surface area contributed by atoms with E-state index in [2.05, 4.69) is 5.32 Å². The summed E-state index contributed by atoms with van der Waals surface area (Å²) in [6.45, 7) is 1.93. The van der Waals surface area contributed by atoms with Crippen molar-refractivity contribution >= 4 is 46.2 Å². The van der Waals surface area contributed by atoms with Gasteiger partial charge in [-0.2, -0.15) is 5.10 Å². The number of aromatic nitrogens is 2. The van der Waals surface area contributed by atoms with E-state index < -0.39 is 11.9 Å². The summed E-state index contributed by atoms with van der Waals surface area (Å²) in [5.74, 6) is 0.535. The summed E-state index contributed by atoms with van der Waals surface area (Å²) in [4.78, 5) is 12.1. The molecule has 2 aliphatic rings. The summed E-state index contributed by atoms with van der Waals surface area (Å²) in [5, 5.41) is 28.8. The lowest BCUT2D eigenvalue weighted by Crippen LogP contribution is -2.46. The maximum absolute atomic E-state index is 13.9. The van der Waals surface area contributed by atoms with Crippen LogP contribution in [0.1, 0.15) is 22.9 Å². The highest BCUT2D eigenvalue weighted by Gasteiger charge is 2.41. The Hall–Kier alpha value is -5.15. The minimum atomic E-state index is -0.524. The normalized spacial score (nSPS) is 15.4. The zero-order chi connectivity index (χ0) is 28.2. The van der Waals surface area contributed by atoms with E-state index in [1.54, 1.807) is 22.9 Å². The predicted octanol–water partition coefficient (Wildman–Crippen LogP) is 7.18. The summed E-state index contributed by atoms with van der Waals surface area (Å²) in [6, 6.07) is 26.0. The molecule has 0 fully saturated rings. The number of hydrogen-bond acceptors (Lipinski definition) is 7. The Balaban J connectivity index is 1.50. The van der Waals surface area contributed by atoms with E-state index in [4.69, 9.17) is 26.7 Å². The second-order valence-corrected chi connectivity index (χ2v) is 10.1. The van der Waals surface area contributed by atoms with Crippen LogP contribution in [0.2, 0.25) is 5.02 Å². The topological polar surface area (TPSA) is 98.3 Å². The monoisotopic (exact) mass is 564 g/mol. The van der Waals surface area contributed by atoms with Gasteiger partial charge in [0.1, 0.15) is 5.82 Å². The molecule has 10 heteroatoms. The van der Waals surface area contributed by atoms with Gasteiger partial charge in [-0.1, -0.05) is 48.0 Å². The smallest absolute Gasteiger partial charge is 0.179 e. The van der Waals surface area contributed by atoms with Gasteiger partial charge in [0.25, 0.3) is 0 Å². The van der Waals surface area contributed by atoms with Crippen LogP contribution in [-0.2, 0) is 0 Å². The van der Waals surface area contributed by atoms with Crippen LogP contribution >= 0.6 is 11.6 Å². The quantitative estimate of drug-likeness (QED) is 0.202. The molecule has 0 saturated heterocycles. The fourth-order valence-electron chi connectivity index (χ4n) is 5.28. The van der Waals surface area contributed by atoms with Crippen molar-refractivity contribution in [1.82, 2.24) is 9.78 Å². The number of fused-ring (bicyclic) bond motifs is 4. The maximum Gasteiger partial charge on any atom is 0.179 e. The molecule has 0 bridgehead atoms. The number of anilines is 2. The maximum atomic E-state index is 13.9. The fraction of sp³-hybridized carbons (Fsp3) is 0.0645. The number of rotatable bonds is 3. The van der Waals surface area contributed by atoms with E-state index >= 15 is 0 Å². The van der Waals surface area contributed by atoms with Gasteiger partial charge in [0.05, 0.1) is 33.8 Å². The molecule has 0 unspecified atom stereocenters. The van der Waals surface area contributed by atoms with Gasteiger partial charge >= 0.3 is 0 Å². The van der Waals surface area contributed by atoms with Gasteiger partial charge in [-0.15, -0.1) is 0 Å². The first-order chi connectivity index (χ1) is 19.9. The number of aliphatic imine (C=N–C) groups is 2. The van der Waals surface area contributed by atoms with Gasteiger partial charge in [0.15, 0.2) is 29.0 Å². The highest BCUT2D eigenvalue weighted by Crippen LogP contribution is 2.49. The molecule has 0 radical (unpaired) electrons. The molecule has 41 heavy (non-hydrogen) atoms. The van der Waals surface area contributed by atoms with Crippen LogP contribution in [0, 0.1) is 12.7 Å². The van der Waals surface area contributed by atoms with Crippen molar-refractivity contribution < 1.29 is 14.6 Å². The van der Waals surface area contributed by atoms with Gasteiger partial charge in [0, 0.05) is 11.3 Å². The minimum Gasteiger partial charge on any atom is -0.504 e. The van der Waals surface area contributed by atoms with Gasteiger partial charge < -0.3 is 20.4 Å². The Labute approximate surface area is 239 Å². The van der Waals surface area contributed by atoms with Crippen LogP contribution in [0.5, 0.6) is 11.5 Å². The van der Waals surface area contributed by atoms with Gasteiger partial charge in [-0.3, -0.25) is 0 Å². The lowest BCUT2D eigenvalue weighted by molar-refractivity contribution is 0.403. The SMILES string of the molecule is Cc1nn(-c2ccccc2)c2c1[C@H](c1ccc(O)c(O)c1)N1C(=N2)C(Nc2ccc(F)c(Cl)c2)=Nc2ccccc21. The van der Waals surface area contributed by atoms with Crippen molar-refractivity contribution in [3.8, 4) is 17.2 Å². The number of benzene rings is 4. The molecule has 202 valence electrons. The Morgan fingerprint density at radius 1 is 0.878 bits per heavy atom. The lowest BCUT2D eigenvalue weighted by atomic mass is 9.93. The molecule has 5 aromatic rings. The van der Waals surface area contributed by atoms with Crippen LogP contribution in [0.4, 0.5) is 27.3 Å². The number of nitrogens with zero attached hydrogens (tertiary/aromatic N) is 5. The number of amidine groups is 2. The molecule has 1 aromatic heterocycles. The van der Waals surface area contributed by atoms with Crippen LogP contribution in [-0.4, -0.2) is 31.7 Å². The molecule has 3 N–H and O–H groups in total. The number of phenolic OH excluding ortho intramolecular Hbond substituents is 2. The third kappa shape index (κ3) is 4.09. The highest BCUT2D eigenvalue weighted by molar-refractivity contribution is 6.51. The summed E-state index contributed by atoms with van der Waals surface area (Å²) < 4.78 is 15.7. The first-order valence-electron chi connectivity index (χ1n) is 12.8. The van der Waals surface area contributed by atoms with Gasteiger partial charge in [0.2, 0.25) is 0 Å². The third-order valence-electron chi connectivity index (χ3n) is 7.14. The summed E-state index contributed by atoms with van der Waals surface area (Å²) in [6.07, 6.45) is 0. The van der Waals surface area contributed by atoms with Crippen LogP contribution in [0.25, 0.3) is 5.69 Å². The van der Waals surface area contributed by atoms with E-state index in [0.717, 1.165) is 22.6 Å². The standard InChI is InChI=1S/C31H22ClFN6O2/c1-17-27-28(18-11-14-25(40)26(41)15-18)38-24-10-6-5-9-23(24)35-29(34-19-12-13-22(33)21(32)16-19)31(38)36-30(27)39(37-17)20-7-3-2-4-8-20/h2-16,28,40-41H,1H3,(H,34,35)/t28-/m0/s1. The van der Waals surface area contributed by atoms with E-state index in [-0.39, 0.29) is 16.5 Å². The summed E-state index contributed by atoms with van der Waals surface area (Å²) >= 11 is 6.09. The Morgan fingerprint density at radius 3 is 2.44 bits per heavy atom. The Morgan fingerprint density at radius 2 is 1.66 bits per heavy atom. The molecule has 0 amide bonds. The Kier molecular flexibility index (Phi) is 5.76. The Bertz CT molecular complexity index is 1900. The average Bonchev–Trinajstić information content (AvgIpc) is 3.32. The second-order valence-electron chi connectivity index (χ2n) is 9.73. The summed E-state index contributed by atoms with van der Waals surface area (Å²) in [5.41, 5.74) is 5.15. The molecule has 0 aliphatic carbocycles. The number of hydrogen-bond donors (Lipinski definition) is 3. The lowest BCUT2D eigenvalue weighted by Gasteiger charge is -2.40. The van der Waals surface area contributed by atoms with Gasteiger partial charge in [-0.25, -0.2) is 19.1 Å². The van der Waals surface area contributed by atoms with Crippen molar-refractivity contribution in [3.05, 3.63) is 119 Å². The predicted molar refractivity (Wildman–Crippen MR) is 158 cm³/mol. The molecule has 8 nitrogen and oxygen atoms in total. The zero-order valence-corrected chi connectivity index (χ0v) is 22.4. The van der Waals surface area contributed by atoms with Crippen LogP contribution in [0.3, 0.4) is 0 Å².